The molecule has 1 aromatic carbocycles. The summed E-state index contributed by atoms with van der Waals surface area (Å²) in [5, 5.41) is 14.0. The van der Waals surface area contributed by atoms with Gasteiger partial charge in [0.15, 0.2) is 0 Å². The van der Waals surface area contributed by atoms with Crippen LogP contribution in [0.25, 0.3) is 0 Å². The van der Waals surface area contributed by atoms with Crippen molar-refractivity contribution in [2.24, 2.45) is 5.92 Å². The molecule has 3 N–H and O–H groups in total. The van der Waals surface area contributed by atoms with Gasteiger partial charge in [-0.1, -0.05) is 26.0 Å². The van der Waals surface area contributed by atoms with Gasteiger partial charge in [-0.25, -0.2) is 14.0 Å². The third-order valence-corrected chi connectivity index (χ3v) is 2.94. The fourth-order valence-electron chi connectivity index (χ4n) is 1.73. The first-order chi connectivity index (χ1) is 9.31. The van der Waals surface area contributed by atoms with Crippen LogP contribution in [0.1, 0.15) is 32.4 Å². The molecular formula is C14H19FN2O3. The van der Waals surface area contributed by atoms with Gasteiger partial charge in [-0.2, -0.15) is 0 Å². The number of carbonyl (C=O) groups excluding carboxylic acids is 1. The Kier molecular flexibility index (Phi) is 5.49. The lowest BCUT2D eigenvalue weighted by atomic mass is 10.1. The quantitative estimate of drug-likeness (QED) is 0.775. The van der Waals surface area contributed by atoms with Crippen LogP contribution in [-0.2, 0) is 4.79 Å². The highest BCUT2D eigenvalue weighted by Crippen LogP contribution is 2.12. The van der Waals surface area contributed by atoms with Gasteiger partial charge in [-0.15, -0.1) is 0 Å². The highest BCUT2D eigenvalue weighted by molar-refractivity contribution is 5.82. The predicted molar refractivity (Wildman–Crippen MR) is 72.7 cm³/mol. The second kappa shape index (κ2) is 6.88. The van der Waals surface area contributed by atoms with Crippen LogP contribution in [0.4, 0.5) is 9.18 Å². The number of carbonyl (C=O) groups is 2. The van der Waals surface area contributed by atoms with Crippen molar-refractivity contribution in [3.05, 3.63) is 35.6 Å². The number of amides is 2. The van der Waals surface area contributed by atoms with Crippen LogP contribution >= 0.6 is 0 Å². The number of halogens is 1. The molecule has 2 amide bonds. The topological polar surface area (TPSA) is 78.4 Å². The number of carboxylic acids is 1. The van der Waals surface area contributed by atoms with Crippen molar-refractivity contribution in [3.8, 4) is 0 Å². The molecule has 0 aromatic heterocycles. The molecule has 5 nitrogen and oxygen atoms in total. The van der Waals surface area contributed by atoms with Crippen molar-refractivity contribution in [2.75, 3.05) is 0 Å². The monoisotopic (exact) mass is 282 g/mol. The number of nitrogens with one attached hydrogen (secondary N) is 2. The van der Waals surface area contributed by atoms with E-state index in [0.29, 0.717) is 0 Å². The van der Waals surface area contributed by atoms with E-state index >= 15 is 0 Å². The van der Waals surface area contributed by atoms with Crippen LogP contribution in [0.3, 0.4) is 0 Å². The van der Waals surface area contributed by atoms with Crippen molar-refractivity contribution in [3.63, 3.8) is 0 Å². The van der Waals surface area contributed by atoms with E-state index in [2.05, 4.69) is 10.6 Å². The molecule has 0 saturated heterocycles. The van der Waals surface area contributed by atoms with Gasteiger partial charge in [0.1, 0.15) is 11.9 Å². The maximum absolute atomic E-state index is 12.8. The number of rotatable bonds is 5. The third kappa shape index (κ3) is 4.53. The SMILES string of the molecule is CC(NC(=O)N[C@@H](C(=O)O)C(C)C)c1ccc(F)cc1. The fourth-order valence-corrected chi connectivity index (χ4v) is 1.73. The summed E-state index contributed by atoms with van der Waals surface area (Å²) in [5.74, 6) is -1.65. The lowest BCUT2D eigenvalue weighted by Crippen LogP contribution is -2.49. The van der Waals surface area contributed by atoms with Crippen LogP contribution in [0.5, 0.6) is 0 Å². The van der Waals surface area contributed by atoms with Crippen LogP contribution in [0, 0.1) is 11.7 Å². The summed E-state index contributed by atoms with van der Waals surface area (Å²) in [7, 11) is 0. The molecule has 1 aromatic rings. The Hall–Kier alpha value is -2.11. The van der Waals surface area contributed by atoms with E-state index in [1.165, 1.54) is 12.1 Å². The van der Waals surface area contributed by atoms with Crippen molar-refractivity contribution >= 4 is 12.0 Å². The molecule has 0 bridgehead atoms. The van der Waals surface area contributed by atoms with Gasteiger partial charge in [-0.3, -0.25) is 0 Å². The highest BCUT2D eigenvalue weighted by Gasteiger charge is 2.23. The Balaban J connectivity index is 2.61. The van der Waals surface area contributed by atoms with Crippen LogP contribution < -0.4 is 10.6 Å². The summed E-state index contributed by atoms with van der Waals surface area (Å²) >= 11 is 0. The second-order valence-corrected chi connectivity index (χ2v) is 4.95. The summed E-state index contributed by atoms with van der Waals surface area (Å²) in [6, 6.07) is 3.88. The van der Waals surface area contributed by atoms with E-state index < -0.39 is 18.0 Å². The van der Waals surface area contributed by atoms with Crippen LogP contribution in [0.15, 0.2) is 24.3 Å². The highest BCUT2D eigenvalue weighted by atomic mass is 19.1. The Labute approximate surface area is 117 Å². The molecule has 0 aliphatic rings. The zero-order valence-corrected chi connectivity index (χ0v) is 11.7. The molecule has 20 heavy (non-hydrogen) atoms. The summed E-state index contributed by atoms with van der Waals surface area (Å²) in [5.41, 5.74) is 0.734. The van der Waals surface area contributed by atoms with Gasteiger partial charge in [0, 0.05) is 0 Å². The van der Waals surface area contributed by atoms with Gasteiger partial charge in [0.05, 0.1) is 6.04 Å². The van der Waals surface area contributed by atoms with Crippen LogP contribution in [-0.4, -0.2) is 23.1 Å². The zero-order valence-electron chi connectivity index (χ0n) is 11.7. The molecule has 0 radical (unpaired) electrons. The van der Waals surface area contributed by atoms with Crippen molar-refractivity contribution < 1.29 is 19.1 Å². The summed E-state index contributed by atoms with van der Waals surface area (Å²) in [6.45, 7) is 5.16. The first-order valence-electron chi connectivity index (χ1n) is 6.36. The van der Waals surface area contributed by atoms with Gasteiger partial charge >= 0.3 is 12.0 Å². The first-order valence-corrected chi connectivity index (χ1v) is 6.36. The van der Waals surface area contributed by atoms with E-state index in [4.69, 9.17) is 5.11 Å². The molecular weight excluding hydrogens is 263 g/mol. The van der Waals surface area contributed by atoms with Crippen molar-refractivity contribution in [2.45, 2.75) is 32.9 Å². The Morgan fingerprint density at radius 1 is 1.10 bits per heavy atom. The Bertz CT molecular complexity index is 474. The van der Waals surface area contributed by atoms with E-state index in [-0.39, 0.29) is 17.8 Å². The minimum Gasteiger partial charge on any atom is -0.480 e. The molecule has 0 heterocycles. The molecule has 0 saturated carbocycles. The van der Waals surface area contributed by atoms with Crippen LogP contribution in [0.2, 0.25) is 0 Å². The molecule has 0 aliphatic heterocycles. The molecule has 6 heteroatoms. The smallest absolute Gasteiger partial charge is 0.326 e. The molecule has 1 rings (SSSR count). The molecule has 2 atom stereocenters. The first kappa shape index (κ1) is 15.9. The molecule has 1 unspecified atom stereocenters. The third-order valence-electron chi connectivity index (χ3n) is 2.94. The maximum Gasteiger partial charge on any atom is 0.326 e. The van der Waals surface area contributed by atoms with Crippen molar-refractivity contribution in [1.82, 2.24) is 10.6 Å². The Morgan fingerprint density at radius 2 is 1.65 bits per heavy atom. The van der Waals surface area contributed by atoms with E-state index in [1.54, 1.807) is 32.9 Å². The molecule has 0 fully saturated rings. The number of carboxylic acid groups (broad SMARTS) is 1. The minimum absolute atomic E-state index is 0.223. The minimum atomic E-state index is -1.08. The average Bonchev–Trinajstić information content (AvgIpc) is 2.35. The lowest BCUT2D eigenvalue weighted by Gasteiger charge is -2.20. The van der Waals surface area contributed by atoms with E-state index in [9.17, 15) is 14.0 Å². The number of benzene rings is 1. The summed E-state index contributed by atoms with van der Waals surface area (Å²) < 4.78 is 12.8. The van der Waals surface area contributed by atoms with E-state index in [0.717, 1.165) is 5.56 Å². The standard InChI is InChI=1S/C14H19FN2O3/c1-8(2)12(13(18)19)17-14(20)16-9(3)10-4-6-11(15)7-5-10/h4-9,12H,1-3H3,(H,18,19)(H2,16,17,20)/t9?,12-/m1/s1. The predicted octanol–water partition coefficient (Wildman–Crippen LogP) is 2.30. The Morgan fingerprint density at radius 3 is 2.10 bits per heavy atom. The lowest BCUT2D eigenvalue weighted by molar-refractivity contribution is -0.140. The molecule has 0 spiro atoms. The number of aliphatic carboxylic acids is 1. The number of urea groups is 1. The number of hydrogen-bond donors (Lipinski definition) is 3. The summed E-state index contributed by atoms with van der Waals surface area (Å²) in [6.07, 6.45) is 0. The van der Waals surface area contributed by atoms with Gasteiger partial charge in [0.25, 0.3) is 0 Å². The largest absolute Gasteiger partial charge is 0.480 e. The average molecular weight is 282 g/mol. The van der Waals surface area contributed by atoms with Gasteiger partial charge in [0.2, 0.25) is 0 Å². The fraction of sp³-hybridized carbons (Fsp3) is 0.429. The molecule has 0 aliphatic carbocycles. The maximum atomic E-state index is 12.8. The number of hydrogen-bond acceptors (Lipinski definition) is 2. The van der Waals surface area contributed by atoms with Gasteiger partial charge < -0.3 is 15.7 Å². The normalized spacial score (nSPS) is 13.7. The van der Waals surface area contributed by atoms with E-state index in [1.807, 2.05) is 0 Å². The molecule has 110 valence electrons. The van der Waals surface area contributed by atoms with Crippen molar-refractivity contribution in [1.29, 1.82) is 0 Å². The zero-order chi connectivity index (χ0) is 15.3. The summed E-state index contributed by atoms with van der Waals surface area (Å²) in [4.78, 5) is 22.7. The second-order valence-electron chi connectivity index (χ2n) is 4.95. The van der Waals surface area contributed by atoms with Gasteiger partial charge in [-0.05, 0) is 30.5 Å².